The molecule has 1 heterocycles. The largest absolute Gasteiger partial charge is 0.256 e. The van der Waals surface area contributed by atoms with Crippen molar-refractivity contribution in [2.24, 2.45) is 0 Å². The molecule has 0 aliphatic heterocycles. The summed E-state index contributed by atoms with van der Waals surface area (Å²) in [6.45, 7) is 2.04. The highest BCUT2D eigenvalue weighted by atomic mass is 32.2. The summed E-state index contributed by atoms with van der Waals surface area (Å²) in [4.78, 5) is 9.39. The Morgan fingerprint density at radius 3 is 1.97 bits per heavy atom. The number of nitrogens with zero attached hydrogens (tertiary/aromatic N) is 2. The van der Waals surface area contributed by atoms with Crippen molar-refractivity contribution in [3.05, 3.63) is 119 Å². The Bertz CT molecular complexity index is 1250. The van der Waals surface area contributed by atoms with E-state index in [1.54, 1.807) is 6.20 Å². The Kier molecular flexibility index (Phi) is 6.23. The highest BCUT2D eigenvalue weighted by Gasteiger charge is 2.19. The molecule has 0 fully saturated rings. The van der Waals surface area contributed by atoms with Crippen LogP contribution in [0.5, 0.6) is 0 Å². The SMILES string of the molecule is Cc1ccc(-c2cnc(CS(=O)(=O)Cc3ccccc3)c(Cc3ccccc3)n2)cc1. The molecule has 4 rings (SSSR count). The lowest BCUT2D eigenvalue weighted by Gasteiger charge is -2.12. The van der Waals surface area contributed by atoms with Crippen molar-refractivity contribution < 1.29 is 8.42 Å². The maximum atomic E-state index is 12.9. The van der Waals surface area contributed by atoms with Gasteiger partial charge in [0.2, 0.25) is 0 Å². The lowest BCUT2D eigenvalue weighted by Crippen LogP contribution is -2.12. The molecule has 4 aromatic rings. The summed E-state index contributed by atoms with van der Waals surface area (Å²) in [7, 11) is -3.39. The Hall–Kier alpha value is -3.31. The fourth-order valence-electron chi connectivity index (χ4n) is 3.45. The molecule has 0 radical (unpaired) electrons. The molecule has 0 N–H and O–H groups in total. The van der Waals surface area contributed by atoms with Crippen molar-refractivity contribution in [2.45, 2.75) is 24.9 Å². The summed E-state index contributed by atoms with van der Waals surface area (Å²) in [6.07, 6.45) is 2.20. The highest BCUT2D eigenvalue weighted by Crippen LogP contribution is 2.22. The zero-order valence-corrected chi connectivity index (χ0v) is 18.2. The predicted molar refractivity (Wildman–Crippen MR) is 124 cm³/mol. The van der Waals surface area contributed by atoms with Gasteiger partial charge >= 0.3 is 0 Å². The van der Waals surface area contributed by atoms with Crippen LogP contribution in [0.25, 0.3) is 11.3 Å². The maximum Gasteiger partial charge on any atom is 0.160 e. The fourth-order valence-corrected chi connectivity index (χ4v) is 4.91. The van der Waals surface area contributed by atoms with E-state index in [0.717, 1.165) is 22.4 Å². The highest BCUT2D eigenvalue weighted by molar-refractivity contribution is 7.89. The molecular weight excluding hydrogens is 404 g/mol. The van der Waals surface area contributed by atoms with Gasteiger partial charge in [0, 0.05) is 12.0 Å². The Balaban J connectivity index is 1.67. The molecule has 0 unspecified atom stereocenters. The van der Waals surface area contributed by atoms with E-state index < -0.39 is 9.84 Å². The van der Waals surface area contributed by atoms with E-state index in [1.807, 2.05) is 91.9 Å². The molecule has 0 saturated carbocycles. The standard InChI is InChI=1S/C26H24N2O2S/c1-20-12-14-23(15-13-20)25-17-27-26(24(28-25)16-21-8-4-2-5-9-21)19-31(29,30)18-22-10-6-3-7-11-22/h2-15,17H,16,18-19H2,1H3. The normalized spacial score (nSPS) is 11.4. The lowest BCUT2D eigenvalue weighted by atomic mass is 10.1. The summed E-state index contributed by atoms with van der Waals surface area (Å²) in [5.41, 5.74) is 5.93. The molecule has 0 saturated heterocycles. The molecule has 1 aromatic heterocycles. The van der Waals surface area contributed by atoms with E-state index in [4.69, 9.17) is 4.98 Å². The summed E-state index contributed by atoms with van der Waals surface area (Å²) in [5, 5.41) is 0. The first-order chi connectivity index (χ1) is 15.0. The topological polar surface area (TPSA) is 59.9 Å². The Morgan fingerprint density at radius 1 is 0.710 bits per heavy atom. The third kappa shape index (κ3) is 5.64. The third-order valence-corrected chi connectivity index (χ3v) is 6.57. The van der Waals surface area contributed by atoms with Gasteiger partial charge in [-0.2, -0.15) is 0 Å². The molecule has 31 heavy (non-hydrogen) atoms. The quantitative estimate of drug-likeness (QED) is 0.408. The summed E-state index contributed by atoms with van der Waals surface area (Å²) >= 11 is 0. The van der Waals surface area contributed by atoms with Gasteiger partial charge in [-0.05, 0) is 18.1 Å². The first-order valence-corrected chi connectivity index (χ1v) is 12.0. The minimum atomic E-state index is -3.39. The van der Waals surface area contributed by atoms with E-state index in [1.165, 1.54) is 5.56 Å². The van der Waals surface area contributed by atoms with E-state index in [9.17, 15) is 8.42 Å². The van der Waals surface area contributed by atoms with Crippen molar-refractivity contribution in [1.82, 2.24) is 9.97 Å². The van der Waals surface area contributed by atoms with Gasteiger partial charge in [0.15, 0.2) is 9.84 Å². The van der Waals surface area contributed by atoms with Crippen molar-refractivity contribution in [2.75, 3.05) is 0 Å². The molecule has 4 nitrogen and oxygen atoms in total. The summed E-state index contributed by atoms with van der Waals surface area (Å²) < 4.78 is 25.8. The zero-order chi connectivity index (χ0) is 21.7. The van der Waals surface area contributed by atoms with Crippen molar-refractivity contribution >= 4 is 9.84 Å². The van der Waals surface area contributed by atoms with Crippen molar-refractivity contribution in [1.29, 1.82) is 0 Å². The third-order valence-electron chi connectivity index (χ3n) is 5.08. The second-order valence-electron chi connectivity index (χ2n) is 7.69. The van der Waals surface area contributed by atoms with Gasteiger partial charge in [-0.3, -0.25) is 4.98 Å². The molecule has 0 aliphatic rings. The van der Waals surface area contributed by atoms with Crippen LogP contribution >= 0.6 is 0 Å². The number of sulfone groups is 1. The van der Waals surface area contributed by atoms with Crippen LogP contribution in [-0.4, -0.2) is 18.4 Å². The van der Waals surface area contributed by atoms with Gasteiger partial charge < -0.3 is 0 Å². The number of hydrogen-bond donors (Lipinski definition) is 0. The maximum absolute atomic E-state index is 12.9. The smallest absolute Gasteiger partial charge is 0.160 e. The molecule has 5 heteroatoms. The average Bonchev–Trinajstić information content (AvgIpc) is 2.76. The zero-order valence-electron chi connectivity index (χ0n) is 17.4. The molecule has 156 valence electrons. The van der Waals surface area contributed by atoms with Crippen LogP contribution in [0.3, 0.4) is 0 Å². The summed E-state index contributed by atoms with van der Waals surface area (Å²) in [6, 6.07) is 27.3. The lowest BCUT2D eigenvalue weighted by molar-refractivity contribution is 0.593. The number of aromatic nitrogens is 2. The van der Waals surface area contributed by atoms with Crippen LogP contribution in [0.1, 0.15) is 28.1 Å². The first kappa shape index (κ1) is 20.9. The van der Waals surface area contributed by atoms with Gasteiger partial charge in [-0.15, -0.1) is 0 Å². The van der Waals surface area contributed by atoms with Gasteiger partial charge in [-0.25, -0.2) is 13.4 Å². The predicted octanol–water partition coefficient (Wildman–Crippen LogP) is 5.16. The molecule has 0 spiro atoms. The van der Waals surface area contributed by atoms with E-state index >= 15 is 0 Å². The molecule has 3 aromatic carbocycles. The van der Waals surface area contributed by atoms with E-state index in [0.29, 0.717) is 17.8 Å². The number of rotatable bonds is 7. The molecule has 0 amide bonds. The van der Waals surface area contributed by atoms with Gasteiger partial charge in [0.1, 0.15) is 0 Å². The minimum Gasteiger partial charge on any atom is -0.256 e. The van der Waals surface area contributed by atoms with E-state index in [-0.39, 0.29) is 11.5 Å². The molecule has 0 bridgehead atoms. The second-order valence-corrected chi connectivity index (χ2v) is 9.76. The van der Waals surface area contributed by atoms with Crippen LogP contribution in [-0.2, 0) is 27.8 Å². The number of aryl methyl sites for hydroxylation is 1. The monoisotopic (exact) mass is 428 g/mol. The van der Waals surface area contributed by atoms with Gasteiger partial charge in [0.05, 0.1) is 34.8 Å². The van der Waals surface area contributed by atoms with Crippen LogP contribution in [0.4, 0.5) is 0 Å². The minimum absolute atomic E-state index is 0.0139. The number of hydrogen-bond acceptors (Lipinski definition) is 4. The Morgan fingerprint density at radius 2 is 1.32 bits per heavy atom. The summed E-state index contributed by atoms with van der Waals surface area (Å²) in [5.74, 6) is -0.148. The Labute approximate surface area is 183 Å². The van der Waals surface area contributed by atoms with Crippen molar-refractivity contribution in [3.8, 4) is 11.3 Å². The van der Waals surface area contributed by atoms with Crippen LogP contribution in [0, 0.1) is 6.92 Å². The van der Waals surface area contributed by atoms with Gasteiger partial charge in [0.25, 0.3) is 0 Å². The average molecular weight is 429 g/mol. The van der Waals surface area contributed by atoms with Crippen LogP contribution in [0.2, 0.25) is 0 Å². The second kappa shape index (κ2) is 9.23. The first-order valence-electron chi connectivity index (χ1n) is 10.2. The van der Waals surface area contributed by atoms with E-state index in [2.05, 4.69) is 4.98 Å². The van der Waals surface area contributed by atoms with Crippen LogP contribution < -0.4 is 0 Å². The number of benzene rings is 3. The van der Waals surface area contributed by atoms with Gasteiger partial charge in [-0.1, -0.05) is 90.5 Å². The van der Waals surface area contributed by atoms with Crippen molar-refractivity contribution in [3.63, 3.8) is 0 Å². The fraction of sp³-hybridized carbons (Fsp3) is 0.154. The molecular formula is C26H24N2O2S. The molecule has 0 aliphatic carbocycles. The molecule has 0 atom stereocenters. The van der Waals surface area contributed by atoms with Crippen LogP contribution in [0.15, 0.2) is 91.1 Å².